The third kappa shape index (κ3) is 5.80. The number of pyridine rings is 1. The fourth-order valence-electron chi connectivity index (χ4n) is 2.98. The number of primary amides is 1. The molecular weight excluding hydrogens is 500 g/mol. The standard InChI is InChI=1S/C21H17ClF4N4O5/c1-29-16(21(24,25)26)10-18(32)30(20(29)33)13-9-15(11(22)8-12(13)23)35-14-4-2-6-28-19(14)34-7-3-5-17(27)31/h2,4,6,8-10H,3,5,7H2,1H3,(H2,27,31). The Balaban J connectivity index is 2.01. The smallest absolute Gasteiger partial charge is 0.431 e. The topological polar surface area (TPSA) is 118 Å². The molecule has 0 atom stereocenters. The maximum atomic E-state index is 14.7. The second-order valence-electron chi connectivity index (χ2n) is 7.10. The van der Waals surface area contributed by atoms with Crippen molar-refractivity contribution < 1.29 is 31.8 Å². The summed E-state index contributed by atoms with van der Waals surface area (Å²) >= 11 is 6.05. The van der Waals surface area contributed by atoms with Crippen LogP contribution in [0, 0.1) is 5.82 Å². The molecule has 0 unspecified atom stereocenters. The first-order valence-electron chi connectivity index (χ1n) is 9.84. The molecular formula is C21H17ClF4N4O5. The third-order valence-corrected chi connectivity index (χ3v) is 4.91. The number of halogens is 5. The van der Waals surface area contributed by atoms with Crippen LogP contribution in [-0.4, -0.2) is 26.6 Å². The summed E-state index contributed by atoms with van der Waals surface area (Å²) in [5, 5.41) is -0.272. The lowest BCUT2D eigenvalue weighted by Crippen LogP contribution is -2.41. The molecule has 35 heavy (non-hydrogen) atoms. The van der Waals surface area contributed by atoms with Crippen LogP contribution in [-0.2, 0) is 18.0 Å². The molecule has 1 aromatic carbocycles. The molecule has 0 radical (unpaired) electrons. The Kier molecular flexibility index (Phi) is 7.48. The van der Waals surface area contributed by atoms with Gasteiger partial charge in [0.1, 0.15) is 17.3 Å². The number of amides is 1. The quantitative estimate of drug-likeness (QED) is 0.363. The predicted molar refractivity (Wildman–Crippen MR) is 115 cm³/mol. The second kappa shape index (κ2) is 10.2. The van der Waals surface area contributed by atoms with E-state index >= 15 is 0 Å². The number of nitrogens with two attached hydrogens (primary N) is 1. The van der Waals surface area contributed by atoms with Gasteiger partial charge in [-0.05, 0) is 24.6 Å². The maximum absolute atomic E-state index is 14.7. The van der Waals surface area contributed by atoms with Gasteiger partial charge in [-0.15, -0.1) is 0 Å². The molecule has 2 aromatic heterocycles. The zero-order valence-corrected chi connectivity index (χ0v) is 18.7. The van der Waals surface area contributed by atoms with E-state index in [0.717, 1.165) is 19.2 Å². The molecule has 0 aliphatic heterocycles. The first-order chi connectivity index (χ1) is 16.4. The highest BCUT2D eigenvalue weighted by atomic mass is 35.5. The van der Waals surface area contributed by atoms with Crippen LogP contribution in [0.2, 0.25) is 5.02 Å². The van der Waals surface area contributed by atoms with Crippen molar-refractivity contribution in [3.8, 4) is 23.1 Å². The van der Waals surface area contributed by atoms with E-state index in [-0.39, 0.29) is 50.6 Å². The maximum Gasteiger partial charge on any atom is 0.431 e. The van der Waals surface area contributed by atoms with Crippen LogP contribution in [0.4, 0.5) is 17.6 Å². The predicted octanol–water partition coefficient (Wildman–Crippen LogP) is 3.18. The van der Waals surface area contributed by atoms with Gasteiger partial charge in [-0.2, -0.15) is 13.2 Å². The van der Waals surface area contributed by atoms with Crippen LogP contribution in [0.15, 0.2) is 46.1 Å². The molecule has 9 nitrogen and oxygen atoms in total. The summed E-state index contributed by atoms with van der Waals surface area (Å²) < 4.78 is 65.5. The summed E-state index contributed by atoms with van der Waals surface area (Å²) in [6.45, 7) is 0.0652. The van der Waals surface area contributed by atoms with Crippen molar-refractivity contribution in [2.75, 3.05) is 6.61 Å². The van der Waals surface area contributed by atoms with E-state index in [9.17, 15) is 31.9 Å². The van der Waals surface area contributed by atoms with Gasteiger partial charge in [0.25, 0.3) is 11.4 Å². The summed E-state index contributed by atoms with van der Waals surface area (Å²) in [7, 11) is 0.795. The number of alkyl halides is 3. The highest BCUT2D eigenvalue weighted by molar-refractivity contribution is 6.32. The van der Waals surface area contributed by atoms with Gasteiger partial charge in [-0.1, -0.05) is 11.6 Å². The summed E-state index contributed by atoms with van der Waals surface area (Å²) in [5.74, 6) is -1.91. The van der Waals surface area contributed by atoms with Gasteiger partial charge in [0.2, 0.25) is 5.91 Å². The average Bonchev–Trinajstić information content (AvgIpc) is 2.76. The van der Waals surface area contributed by atoms with Gasteiger partial charge in [-0.3, -0.25) is 14.2 Å². The number of nitrogens with zero attached hydrogens (tertiary/aromatic N) is 3. The molecule has 3 aromatic rings. The van der Waals surface area contributed by atoms with Crippen LogP contribution in [0.1, 0.15) is 18.5 Å². The van der Waals surface area contributed by atoms with Crippen molar-refractivity contribution in [1.29, 1.82) is 0 Å². The van der Waals surface area contributed by atoms with Crippen molar-refractivity contribution in [3.63, 3.8) is 0 Å². The number of carbonyl (C=O) groups is 1. The van der Waals surface area contributed by atoms with Gasteiger partial charge in [-0.25, -0.2) is 18.7 Å². The number of benzene rings is 1. The largest absolute Gasteiger partial charge is 0.475 e. The first kappa shape index (κ1) is 25.7. The van der Waals surface area contributed by atoms with Crippen LogP contribution < -0.4 is 26.5 Å². The minimum absolute atomic E-state index is 0.0125. The number of hydrogen-bond acceptors (Lipinski definition) is 6. The number of rotatable bonds is 8. The first-order valence-corrected chi connectivity index (χ1v) is 10.2. The Morgan fingerprint density at radius 3 is 2.57 bits per heavy atom. The fourth-order valence-corrected chi connectivity index (χ4v) is 3.17. The van der Waals surface area contributed by atoms with Gasteiger partial charge < -0.3 is 15.2 Å². The summed E-state index contributed by atoms with van der Waals surface area (Å²) in [4.78, 5) is 39.7. The van der Waals surface area contributed by atoms with E-state index in [0.29, 0.717) is 6.42 Å². The minimum atomic E-state index is -4.98. The SMILES string of the molecule is Cn1c(C(F)(F)F)cc(=O)n(-c2cc(Oc3cccnc3OCCCC(N)=O)c(Cl)cc2F)c1=O. The van der Waals surface area contributed by atoms with E-state index in [4.69, 9.17) is 26.8 Å². The Morgan fingerprint density at radius 2 is 1.91 bits per heavy atom. The third-order valence-electron chi connectivity index (χ3n) is 4.62. The van der Waals surface area contributed by atoms with Crippen LogP contribution in [0.3, 0.4) is 0 Å². The minimum Gasteiger partial charge on any atom is -0.475 e. The summed E-state index contributed by atoms with van der Waals surface area (Å²) in [6.07, 6.45) is -3.22. The molecule has 2 N–H and O–H groups in total. The van der Waals surface area contributed by atoms with Gasteiger partial charge >= 0.3 is 11.9 Å². The normalized spacial score (nSPS) is 11.4. The van der Waals surface area contributed by atoms with Crippen molar-refractivity contribution in [1.82, 2.24) is 14.1 Å². The Hall–Kier alpha value is -3.87. The number of hydrogen-bond donors (Lipinski definition) is 1. The lowest BCUT2D eigenvalue weighted by Gasteiger charge is -2.16. The van der Waals surface area contributed by atoms with Gasteiger partial charge in [0, 0.05) is 31.8 Å². The summed E-state index contributed by atoms with van der Waals surface area (Å²) in [5.41, 5.74) is 0.0471. The Bertz CT molecular complexity index is 1390. The van der Waals surface area contributed by atoms with Crippen molar-refractivity contribution >= 4 is 17.5 Å². The van der Waals surface area contributed by atoms with E-state index in [2.05, 4.69) is 4.98 Å². The fraction of sp³-hybridized carbons (Fsp3) is 0.238. The number of ether oxygens (including phenoxy) is 2. The summed E-state index contributed by atoms with van der Waals surface area (Å²) in [6, 6.07) is 4.71. The van der Waals surface area contributed by atoms with E-state index in [1.165, 1.54) is 18.3 Å². The van der Waals surface area contributed by atoms with E-state index in [1.54, 1.807) is 0 Å². The van der Waals surface area contributed by atoms with Crippen LogP contribution >= 0.6 is 11.6 Å². The Morgan fingerprint density at radius 1 is 1.20 bits per heavy atom. The lowest BCUT2D eigenvalue weighted by atomic mass is 10.2. The molecule has 2 heterocycles. The highest BCUT2D eigenvalue weighted by Crippen LogP contribution is 2.36. The molecule has 0 aliphatic carbocycles. The zero-order chi connectivity index (χ0) is 25.9. The second-order valence-corrected chi connectivity index (χ2v) is 7.51. The van der Waals surface area contributed by atoms with Crippen LogP contribution in [0.5, 0.6) is 17.4 Å². The number of aromatic nitrogens is 3. The van der Waals surface area contributed by atoms with E-state index < -0.39 is 40.5 Å². The van der Waals surface area contributed by atoms with Crippen molar-refractivity contribution in [3.05, 3.63) is 73.9 Å². The monoisotopic (exact) mass is 516 g/mol. The molecule has 0 saturated carbocycles. The van der Waals surface area contributed by atoms with Crippen molar-refractivity contribution in [2.45, 2.75) is 19.0 Å². The molecule has 14 heteroatoms. The lowest BCUT2D eigenvalue weighted by molar-refractivity contribution is -0.144. The average molecular weight is 517 g/mol. The molecule has 1 amide bonds. The Labute approximate surface area is 199 Å². The molecule has 0 aliphatic rings. The van der Waals surface area contributed by atoms with Crippen LogP contribution in [0.25, 0.3) is 5.69 Å². The number of carbonyl (C=O) groups excluding carboxylic acids is 1. The molecule has 0 bridgehead atoms. The molecule has 186 valence electrons. The molecule has 0 spiro atoms. The van der Waals surface area contributed by atoms with Gasteiger partial charge in [0.15, 0.2) is 5.75 Å². The van der Waals surface area contributed by atoms with Gasteiger partial charge in [0.05, 0.1) is 17.3 Å². The molecule has 3 rings (SSSR count). The van der Waals surface area contributed by atoms with Crippen molar-refractivity contribution in [2.24, 2.45) is 12.8 Å². The molecule has 0 fully saturated rings. The zero-order valence-electron chi connectivity index (χ0n) is 17.9. The molecule has 0 saturated heterocycles. The van der Waals surface area contributed by atoms with E-state index in [1.807, 2.05) is 0 Å². The highest BCUT2D eigenvalue weighted by Gasteiger charge is 2.35.